The van der Waals surface area contributed by atoms with E-state index < -0.39 is 0 Å². The fraction of sp³-hybridized carbons (Fsp3) is 0.583. The normalized spacial score (nSPS) is 13.8. The van der Waals surface area contributed by atoms with Gasteiger partial charge in [-0.2, -0.15) is 0 Å². The third-order valence-electron chi connectivity index (χ3n) is 6.09. The van der Waals surface area contributed by atoms with Gasteiger partial charge < -0.3 is 10.2 Å². The van der Waals surface area contributed by atoms with Crippen molar-refractivity contribution in [3.8, 4) is 5.75 Å². The maximum absolute atomic E-state index is 10.4. The summed E-state index contributed by atoms with van der Waals surface area (Å²) in [6.07, 6.45) is 3.49. The third kappa shape index (κ3) is 4.57. The van der Waals surface area contributed by atoms with Crippen LogP contribution in [0.25, 0.3) is 0 Å². The highest BCUT2D eigenvalue weighted by atomic mass is 32.1. The van der Waals surface area contributed by atoms with Crippen LogP contribution in [0.1, 0.15) is 80.3 Å². The lowest BCUT2D eigenvalue weighted by molar-refractivity contribution is 0.0561. The van der Waals surface area contributed by atoms with Crippen molar-refractivity contribution >= 4 is 11.3 Å². The van der Waals surface area contributed by atoms with E-state index in [-0.39, 0.29) is 16.9 Å². The number of benzene rings is 1. The Balaban J connectivity index is 2.37. The van der Waals surface area contributed by atoms with E-state index in [9.17, 15) is 10.2 Å². The van der Waals surface area contributed by atoms with E-state index in [1.54, 1.807) is 0 Å². The standard InChI is InChI=1S/C24H36O2S/c1-8-24(9-2,18-10-11-19(25)16(3)14-18)22-15-17(4)20(27-22)12-13-21(26)23(5,6)7/h10-11,14-15,21,25-26H,8-9,12-13H2,1-7H3/t21-/m1/s1. The number of phenols is 1. The molecule has 0 amide bonds. The summed E-state index contributed by atoms with van der Waals surface area (Å²) < 4.78 is 0. The van der Waals surface area contributed by atoms with Gasteiger partial charge in [0.15, 0.2) is 0 Å². The summed E-state index contributed by atoms with van der Waals surface area (Å²) >= 11 is 1.90. The molecule has 2 nitrogen and oxygen atoms in total. The van der Waals surface area contributed by atoms with Gasteiger partial charge in [-0.05, 0) is 73.8 Å². The van der Waals surface area contributed by atoms with Gasteiger partial charge in [0.25, 0.3) is 0 Å². The lowest BCUT2D eigenvalue weighted by atomic mass is 9.74. The first-order valence-electron chi connectivity index (χ1n) is 10.1. The van der Waals surface area contributed by atoms with E-state index in [0.29, 0.717) is 5.75 Å². The lowest BCUT2D eigenvalue weighted by Gasteiger charge is -2.32. The summed E-state index contributed by atoms with van der Waals surface area (Å²) in [5.74, 6) is 0.360. The largest absolute Gasteiger partial charge is 0.508 e. The Morgan fingerprint density at radius 2 is 1.63 bits per heavy atom. The average Bonchev–Trinajstić information content (AvgIpc) is 2.97. The van der Waals surface area contributed by atoms with E-state index in [2.05, 4.69) is 59.7 Å². The van der Waals surface area contributed by atoms with Crippen molar-refractivity contribution in [1.29, 1.82) is 0 Å². The zero-order valence-electron chi connectivity index (χ0n) is 18.0. The molecule has 0 saturated carbocycles. The van der Waals surface area contributed by atoms with Crippen LogP contribution in [0.5, 0.6) is 5.75 Å². The Morgan fingerprint density at radius 1 is 1.00 bits per heavy atom. The van der Waals surface area contributed by atoms with Gasteiger partial charge in [-0.1, -0.05) is 46.8 Å². The summed E-state index contributed by atoms with van der Waals surface area (Å²) in [7, 11) is 0. The van der Waals surface area contributed by atoms with Crippen molar-refractivity contribution in [3.05, 3.63) is 50.7 Å². The Labute approximate surface area is 169 Å². The SMILES string of the molecule is CCC(CC)(c1ccc(O)c(C)c1)c1cc(C)c(CC[C@@H](O)C(C)(C)C)s1. The van der Waals surface area contributed by atoms with Crippen LogP contribution in [0, 0.1) is 19.3 Å². The summed E-state index contributed by atoms with van der Waals surface area (Å²) in [4.78, 5) is 2.78. The quantitative estimate of drug-likeness (QED) is 0.567. The fourth-order valence-corrected chi connectivity index (χ4v) is 5.35. The number of aliphatic hydroxyl groups is 1. The maximum atomic E-state index is 10.4. The molecular weight excluding hydrogens is 352 g/mol. The molecule has 1 aromatic carbocycles. The minimum Gasteiger partial charge on any atom is -0.508 e. The highest BCUT2D eigenvalue weighted by molar-refractivity contribution is 7.12. The number of phenolic OH excluding ortho intramolecular Hbond substituents is 1. The van der Waals surface area contributed by atoms with Gasteiger partial charge in [0.05, 0.1) is 6.10 Å². The second-order valence-electron chi connectivity index (χ2n) is 8.93. The second kappa shape index (κ2) is 8.36. The van der Waals surface area contributed by atoms with E-state index in [0.717, 1.165) is 31.2 Å². The maximum Gasteiger partial charge on any atom is 0.118 e. The van der Waals surface area contributed by atoms with E-state index in [1.165, 1.54) is 20.9 Å². The summed E-state index contributed by atoms with van der Waals surface area (Å²) in [6.45, 7) is 14.9. The van der Waals surface area contributed by atoms with Crippen molar-refractivity contribution in [2.24, 2.45) is 5.41 Å². The zero-order chi connectivity index (χ0) is 20.4. The summed E-state index contributed by atoms with van der Waals surface area (Å²) in [6, 6.07) is 8.39. The highest BCUT2D eigenvalue weighted by Gasteiger charge is 2.33. The van der Waals surface area contributed by atoms with E-state index in [1.807, 2.05) is 24.3 Å². The van der Waals surface area contributed by atoms with E-state index >= 15 is 0 Å². The molecule has 0 fully saturated rings. The molecule has 27 heavy (non-hydrogen) atoms. The number of thiophene rings is 1. The predicted octanol–water partition coefficient (Wildman–Crippen LogP) is 6.52. The van der Waals surface area contributed by atoms with Crippen molar-refractivity contribution < 1.29 is 10.2 Å². The smallest absolute Gasteiger partial charge is 0.118 e. The molecule has 2 aromatic rings. The molecule has 1 aromatic heterocycles. The molecular formula is C24H36O2S. The van der Waals surface area contributed by atoms with Gasteiger partial charge in [-0.25, -0.2) is 0 Å². The molecule has 0 spiro atoms. The van der Waals surface area contributed by atoms with Gasteiger partial charge in [0.1, 0.15) is 5.75 Å². The predicted molar refractivity (Wildman–Crippen MR) is 117 cm³/mol. The van der Waals surface area contributed by atoms with E-state index in [4.69, 9.17) is 0 Å². The van der Waals surface area contributed by atoms with Gasteiger partial charge >= 0.3 is 0 Å². The summed E-state index contributed by atoms with van der Waals surface area (Å²) in [5, 5.41) is 20.4. The Kier molecular flexibility index (Phi) is 6.81. The molecule has 0 saturated heterocycles. The molecule has 0 unspecified atom stereocenters. The van der Waals surface area contributed by atoms with Crippen LogP contribution in [0.4, 0.5) is 0 Å². The number of aryl methyl sites for hydroxylation is 3. The van der Waals surface area contributed by atoms with Crippen molar-refractivity contribution in [1.82, 2.24) is 0 Å². The van der Waals surface area contributed by atoms with Gasteiger partial charge in [0, 0.05) is 15.2 Å². The number of aromatic hydroxyl groups is 1. The fourth-order valence-electron chi connectivity index (χ4n) is 3.81. The van der Waals surface area contributed by atoms with Crippen LogP contribution in [-0.4, -0.2) is 16.3 Å². The van der Waals surface area contributed by atoms with Crippen LogP contribution in [0.15, 0.2) is 24.3 Å². The van der Waals surface area contributed by atoms with Crippen LogP contribution < -0.4 is 0 Å². The minimum absolute atomic E-state index is 0.0191. The van der Waals surface area contributed by atoms with Gasteiger partial charge in [0.2, 0.25) is 0 Å². The number of hydrogen-bond donors (Lipinski definition) is 2. The highest BCUT2D eigenvalue weighted by Crippen LogP contribution is 2.44. The number of rotatable bonds is 7. The third-order valence-corrected chi connectivity index (χ3v) is 7.59. The minimum atomic E-state index is -0.288. The number of aliphatic hydroxyl groups excluding tert-OH is 1. The molecule has 1 heterocycles. The second-order valence-corrected chi connectivity index (χ2v) is 10.1. The Hall–Kier alpha value is -1.32. The van der Waals surface area contributed by atoms with Gasteiger partial charge in [-0.15, -0.1) is 11.3 Å². The molecule has 150 valence electrons. The molecule has 2 rings (SSSR count). The van der Waals surface area contributed by atoms with Crippen molar-refractivity contribution in [2.75, 3.05) is 0 Å². The Morgan fingerprint density at radius 3 is 2.15 bits per heavy atom. The van der Waals surface area contributed by atoms with Crippen molar-refractivity contribution in [3.63, 3.8) is 0 Å². The van der Waals surface area contributed by atoms with Gasteiger partial charge in [-0.3, -0.25) is 0 Å². The van der Waals surface area contributed by atoms with Crippen LogP contribution in [-0.2, 0) is 11.8 Å². The molecule has 0 aliphatic heterocycles. The van der Waals surface area contributed by atoms with Crippen LogP contribution >= 0.6 is 11.3 Å². The molecule has 0 aliphatic rings. The number of hydrogen-bond acceptors (Lipinski definition) is 3. The van der Waals surface area contributed by atoms with Crippen LogP contribution in [0.3, 0.4) is 0 Å². The topological polar surface area (TPSA) is 40.5 Å². The first-order valence-corrected chi connectivity index (χ1v) is 10.9. The first kappa shape index (κ1) is 22.0. The molecule has 2 N–H and O–H groups in total. The Bertz CT molecular complexity index is 763. The molecule has 1 atom stereocenters. The molecule has 0 radical (unpaired) electrons. The first-order chi connectivity index (χ1) is 12.5. The molecule has 0 bridgehead atoms. The average molecular weight is 389 g/mol. The summed E-state index contributed by atoms with van der Waals surface area (Å²) in [5.41, 5.74) is 3.45. The zero-order valence-corrected chi connectivity index (χ0v) is 18.8. The van der Waals surface area contributed by atoms with Crippen LogP contribution in [0.2, 0.25) is 0 Å². The van der Waals surface area contributed by atoms with Crippen molar-refractivity contribution in [2.45, 2.75) is 85.7 Å². The molecule has 0 aliphatic carbocycles. The molecule has 3 heteroatoms. The lowest BCUT2D eigenvalue weighted by Crippen LogP contribution is -2.26. The monoisotopic (exact) mass is 388 g/mol.